The molecule has 0 radical (unpaired) electrons. The number of methoxy groups -OCH3 is 1. The van der Waals surface area contributed by atoms with E-state index in [0.717, 1.165) is 16.7 Å². The number of carbonyl (C=O) groups excluding carboxylic acids is 1. The van der Waals surface area contributed by atoms with Gasteiger partial charge in [0, 0.05) is 11.1 Å². The molecule has 4 rings (SSSR count). The fourth-order valence-electron chi connectivity index (χ4n) is 2.92. The lowest BCUT2D eigenvalue weighted by Gasteiger charge is -2.08. The van der Waals surface area contributed by atoms with Crippen LogP contribution in [0.4, 0.5) is 11.4 Å². The van der Waals surface area contributed by atoms with Crippen molar-refractivity contribution in [2.24, 2.45) is 4.99 Å². The maximum atomic E-state index is 13.0. The van der Waals surface area contributed by atoms with Crippen LogP contribution in [0.3, 0.4) is 0 Å². The fourth-order valence-corrected chi connectivity index (χ4v) is 2.92. The summed E-state index contributed by atoms with van der Waals surface area (Å²) in [5.41, 5.74) is 3.80. The molecule has 0 aliphatic rings. The minimum Gasteiger partial charge on any atom is -0.497 e. The summed E-state index contributed by atoms with van der Waals surface area (Å²) in [5, 5.41) is 3.72. The molecule has 0 bridgehead atoms. The van der Waals surface area contributed by atoms with Gasteiger partial charge >= 0.3 is 0 Å². The molecule has 144 valence electrons. The fraction of sp³-hybridized carbons (Fsp3) is 0.0833. The van der Waals surface area contributed by atoms with Crippen LogP contribution in [-0.4, -0.2) is 13.0 Å². The van der Waals surface area contributed by atoms with Crippen molar-refractivity contribution in [2.75, 3.05) is 12.4 Å². The molecule has 3 aromatic carbocycles. The van der Waals surface area contributed by atoms with Gasteiger partial charge in [-0.05, 0) is 55.5 Å². The van der Waals surface area contributed by atoms with Crippen LogP contribution in [0.5, 0.6) is 5.75 Å². The Morgan fingerprint density at radius 3 is 2.41 bits per heavy atom. The number of hydrogen-bond donors (Lipinski definition) is 1. The minimum absolute atomic E-state index is 0.263. The standard InChI is InChI=1S/C24H20N2O3/c1-16-7-9-19(10-8-16)26-24-21(15-17-5-3-4-6-22(17)29-24)23(27)25-18-11-13-20(28-2)14-12-18/h3-15H,1-2H3,(H,25,27). The SMILES string of the molecule is COc1ccc(NC(=O)c2cc3ccccc3oc2=Nc2ccc(C)cc2)cc1. The number of benzene rings is 3. The van der Waals surface area contributed by atoms with Gasteiger partial charge in [-0.3, -0.25) is 4.79 Å². The predicted molar refractivity (Wildman–Crippen MR) is 114 cm³/mol. The van der Waals surface area contributed by atoms with Crippen LogP contribution in [0.15, 0.2) is 88.3 Å². The van der Waals surface area contributed by atoms with Crippen LogP contribution >= 0.6 is 0 Å². The van der Waals surface area contributed by atoms with Crippen molar-refractivity contribution in [3.05, 3.63) is 95.5 Å². The van der Waals surface area contributed by atoms with Crippen molar-refractivity contribution in [3.63, 3.8) is 0 Å². The highest BCUT2D eigenvalue weighted by atomic mass is 16.5. The van der Waals surface area contributed by atoms with Crippen molar-refractivity contribution in [1.29, 1.82) is 0 Å². The third kappa shape index (κ3) is 4.19. The number of nitrogens with zero attached hydrogens (tertiary/aromatic N) is 1. The summed E-state index contributed by atoms with van der Waals surface area (Å²) in [6, 6.07) is 24.2. The van der Waals surface area contributed by atoms with E-state index in [1.54, 1.807) is 37.4 Å². The van der Waals surface area contributed by atoms with Crippen LogP contribution in [0.25, 0.3) is 11.0 Å². The summed E-state index contributed by atoms with van der Waals surface area (Å²) >= 11 is 0. The first-order chi connectivity index (χ1) is 14.1. The van der Waals surface area contributed by atoms with Gasteiger partial charge in [0.15, 0.2) is 0 Å². The Morgan fingerprint density at radius 1 is 0.966 bits per heavy atom. The number of amides is 1. The van der Waals surface area contributed by atoms with Crippen LogP contribution < -0.4 is 15.6 Å². The molecule has 0 saturated heterocycles. The molecule has 29 heavy (non-hydrogen) atoms. The Labute approximate surface area is 168 Å². The average molecular weight is 384 g/mol. The van der Waals surface area contributed by atoms with Gasteiger partial charge in [0.05, 0.1) is 12.8 Å². The first-order valence-electron chi connectivity index (χ1n) is 9.22. The van der Waals surface area contributed by atoms with E-state index in [4.69, 9.17) is 9.15 Å². The zero-order chi connectivity index (χ0) is 20.2. The van der Waals surface area contributed by atoms with E-state index in [-0.39, 0.29) is 11.5 Å². The molecular weight excluding hydrogens is 364 g/mol. The highest BCUT2D eigenvalue weighted by Crippen LogP contribution is 2.18. The van der Waals surface area contributed by atoms with Gasteiger partial charge < -0.3 is 14.5 Å². The summed E-state index contributed by atoms with van der Waals surface area (Å²) in [5.74, 6) is 0.425. The molecule has 0 unspecified atom stereocenters. The Kier molecular flexibility index (Phi) is 5.12. The lowest BCUT2D eigenvalue weighted by atomic mass is 10.1. The number of para-hydroxylation sites is 1. The molecule has 4 aromatic rings. The van der Waals surface area contributed by atoms with Crippen molar-refractivity contribution in [1.82, 2.24) is 0 Å². The molecule has 0 atom stereocenters. The molecule has 0 saturated carbocycles. The third-order valence-corrected chi connectivity index (χ3v) is 4.51. The largest absolute Gasteiger partial charge is 0.497 e. The number of hydrogen-bond acceptors (Lipinski definition) is 4. The monoisotopic (exact) mass is 384 g/mol. The normalized spacial score (nSPS) is 11.4. The highest BCUT2D eigenvalue weighted by molar-refractivity contribution is 6.05. The smallest absolute Gasteiger partial charge is 0.261 e. The zero-order valence-corrected chi connectivity index (χ0v) is 16.2. The molecule has 5 heteroatoms. The molecule has 0 aliphatic heterocycles. The number of rotatable bonds is 4. The molecule has 1 aromatic heterocycles. The summed E-state index contributed by atoms with van der Waals surface area (Å²) in [7, 11) is 1.60. The second kappa shape index (κ2) is 8.02. The number of fused-ring (bicyclic) bond motifs is 1. The van der Waals surface area contributed by atoms with E-state index in [1.165, 1.54) is 0 Å². The van der Waals surface area contributed by atoms with Crippen LogP contribution in [0, 0.1) is 6.92 Å². The number of carbonyl (C=O) groups is 1. The summed E-state index contributed by atoms with van der Waals surface area (Å²) in [4.78, 5) is 17.6. The van der Waals surface area contributed by atoms with Crippen LogP contribution in [0.2, 0.25) is 0 Å². The number of aryl methyl sites for hydroxylation is 1. The summed E-state index contributed by atoms with van der Waals surface area (Å²) in [6.07, 6.45) is 0. The number of nitrogens with one attached hydrogen (secondary N) is 1. The Hall–Kier alpha value is -3.86. The van der Waals surface area contributed by atoms with E-state index in [0.29, 0.717) is 22.5 Å². The molecule has 1 heterocycles. The minimum atomic E-state index is -0.296. The van der Waals surface area contributed by atoms with Gasteiger partial charge in [-0.25, -0.2) is 4.99 Å². The van der Waals surface area contributed by atoms with Crippen LogP contribution in [-0.2, 0) is 0 Å². The first kappa shape index (κ1) is 18.5. The summed E-state index contributed by atoms with van der Waals surface area (Å²) in [6.45, 7) is 2.01. The van der Waals surface area contributed by atoms with E-state index in [1.807, 2.05) is 55.5 Å². The third-order valence-electron chi connectivity index (χ3n) is 4.51. The molecule has 0 fully saturated rings. The first-order valence-corrected chi connectivity index (χ1v) is 9.22. The molecule has 0 aliphatic carbocycles. The van der Waals surface area contributed by atoms with E-state index in [2.05, 4.69) is 10.3 Å². The second-order valence-electron chi connectivity index (χ2n) is 6.63. The lowest BCUT2D eigenvalue weighted by molar-refractivity contribution is 0.102. The van der Waals surface area contributed by atoms with Gasteiger partial charge in [0.2, 0.25) is 5.55 Å². The predicted octanol–water partition coefficient (Wildman–Crippen LogP) is 5.23. The maximum Gasteiger partial charge on any atom is 0.261 e. The molecule has 5 nitrogen and oxygen atoms in total. The van der Waals surface area contributed by atoms with E-state index < -0.39 is 0 Å². The van der Waals surface area contributed by atoms with Gasteiger partial charge in [0.25, 0.3) is 5.91 Å². The van der Waals surface area contributed by atoms with Crippen molar-refractivity contribution in [3.8, 4) is 5.75 Å². The van der Waals surface area contributed by atoms with E-state index in [9.17, 15) is 4.79 Å². The Balaban J connectivity index is 1.78. The topological polar surface area (TPSA) is 63.8 Å². The van der Waals surface area contributed by atoms with Crippen molar-refractivity contribution < 1.29 is 13.9 Å². The zero-order valence-electron chi connectivity index (χ0n) is 16.2. The number of ether oxygens (including phenoxy) is 1. The molecule has 1 amide bonds. The Bertz CT molecular complexity index is 1220. The molecular formula is C24H20N2O3. The molecule has 1 N–H and O–H groups in total. The van der Waals surface area contributed by atoms with Crippen molar-refractivity contribution >= 4 is 28.3 Å². The van der Waals surface area contributed by atoms with Gasteiger partial charge in [0.1, 0.15) is 16.9 Å². The van der Waals surface area contributed by atoms with Gasteiger partial charge in [-0.2, -0.15) is 0 Å². The Morgan fingerprint density at radius 2 is 1.69 bits per heavy atom. The van der Waals surface area contributed by atoms with Gasteiger partial charge in [-0.1, -0.05) is 35.9 Å². The second-order valence-corrected chi connectivity index (χ2v) is 6.63. The number of anilines is 1. The average Bonchev–Trinajstić information content (AvgIpc) is 2.75. The molecule has 0 spiro atoms. The highest BCUT2D eigenvalue weighted by Gasteiger charge is 2.13. The quantitative estimate of drug-likeness (QED) is 0.524. The van der Waals surface area contributed by atoms with Crippen LogP contribution in [0.1, 0.15) is 15.9 Å². The lowest BCUT2D eigenvalue weighted by Crippen LogP contribution is -2.21. The summed E-state index contributed by atoms with van der Waals surface area (Å²) < 4.78 is 11.1. The maximum absolute atomic E-state index is 13.0. The van der Waals surface area contributed by atoms with Gasteiger partial charge in [-0.15, -0.1) is 0 Å². The van der Waals surface area contributed by atoms with E-state index >= 15 is 0 Å². The van der Waals surface area contributed by atoms with Crippen molar-refractivity contribution in [2.45, 2.75) is 6.92 Å².